The second kappa shape index (κ2) is 13.3. The summed E-state index contributed by atoms with van der Waals surface area (Å²) in [6.45, 7) is 4.13. The van der Waals surface area contributed by atoms with Gasteiger partial charge in [0, 0.05) is 21.7 Å². The summed E-state index contributed by atoms with van der Waals surface area (Å²) in [7, 11) is -3.74. The number of nitrogens with zero attached hydrogens (tertiary/aromatic N) is 2. The van der Waals surface area contributed by atoms with Crippen molar-refractivity contribution >= 4 is 61.7 Å². The third-order valence-corrected chi connectivity index (χ3v) is 7.39. The third kappa shape index (κ3) is 8.42. The van der Waals surface area contributed by atoms with E-state index in [2.05, 4.69) is 27.9 Å². The first-order valence-corrected chi connectivity index (χ1v) is 14.4. The molecule has 34 heavy (non-hydrogen) atoms. The highest BCUT2D eigenvalue weighted by atomic mass is 127. The quantitative estimate of drug-likeness (QED) is 0.281. The Labute approximate surface area is 221 Å². The van der Waals surface area contributed by atoms with Crippen LogP contribution in [0.25, 0.3) is 0 Å². The van der Waals surface area contributed by atoms with Crippen LogP contribution in [0, 0.1) is 3.57 Å². The second-order valence-corrected chi connectivity index (χ2v) is 11.6. The molecule has 10 heteroatoms. The van der Waals surface area contributed by atoms with E-state index in [1.165, 1.54) is 4.90 Å². The smallest absolute Gasteiger partial charge is 0.244 e. The van der Waals surface area contributed by atoms with Crippen LogP contribution in [0.1, 0.15) is 38.7 Å². The van der Waals surface area contributed by atoms with Gasteiger partial charge in [-0.25, -0.2) is 8.42 Å². The number of unbranched alkanes of at least 4 members (excludes halogenated alkanes) is 1. The average Bonchev–Trinajstić information content (AvgIpc) is 2.78. The highest BCUT2D eigenvalue weighted by Crippen LogP contribution is 2.21. The molecule has 1 unspecified atom stereocenters. The Morgan fingerprint density at radius 1 is 1.06 bits per heavy atom. The van der Waals surface area contributed by atoms with Gasteiger partial charge in [0.05, 0.1) is 11.9 Å². The molecule has 1 atom stereocenters. The molecule has 2 aromatic rings. The van der Waals surface area contributed by atoms with E-state index in [0.29, 0.717) is 23.7 Å². The first-order chi connectivity index (χ1) is 16.1. The minimum absolute atomic E-state index is 0.153. The van der Waals surface area contributed by atoms with Crippen molar-refractivity contribution in [1.82, 2.24) is 10.2 Å². The third-order valence-electron chi connectivity index (χ3n) is 5.28. The lowest BCUT2D eigenvalue weighted by Crippen LogP contribution is -2.52. The standard InChI is InChI=1S/C24H31ClIN3O4S/c1-4-6-15-27-24(31)22(5-2)28(16-18-7-9-19(25)10-8-18)23(30)17-29(34(3,32)33)21-13-11-20(26)12-14-21/h7-14,22H,4-6,15-17H2,1-3H3,(H,27,31). The van der Waals surface area contributed by atoms with Gasteiger partial charge >= 0.3 is 0 Å². The molecule has 7 nitrogen and oxygen atoms in total. The number of sulfonamides is 1. The summed E-state index contributed by atoms with van der Waals surface area (Å²) >= 11 is 8.13. The lowest BCUT2D eigenvalue weighted by molar-refractivity contribution is -0.140. The monoisotopic (exact) mass is 619 g/mol. The van der Waals surface area contributed by atoms with Crippen LogP contribution >= 0.6 is 34.2 Å². The van der Waals surface area contributed by atoms with Gasteiger partial charge in [0.25, 0.3) is 0 Å². The molecular formula is C24H31ClIN3O4S. The second-order valence-electron chi connectivity index (χ2n) is 7.96. The number of rotatable bonds is 12. The molecule has 2 amide bonds. The van der Waals surface area contributed by atoms with Gasteiger partial charge in [-0.2, -0.15) is 0 Å². The summed E-state index contributed by atoms with van der Waals surface area (Å²) < 4.78 is 27.2. The van der Waals surface area contributed by atoms with Gasteiger partial charge in [-0.1, -0.05) is 44.0 Å². The molecule has 1 N–H and O–H groups in total. The van der Waals surface area contributed by atoms with E-state index in [1.54, 1.807) is 48.5 Å². The molecule has 0 aromatic heterocycles. The first-order valence-electron chi connectivity index (χ1n) is 11.1. The zero-order valence-electron chi connectivity index (χ0n) is 19.6. The Morgan fingerprint density at radius 3 is 2.21 bits per heavy atom. The number of hydrogen-bond acceptors (Lipinski definition) is 4. The van der Waals surface area contributed by atoms with Crippen molar-refractivity contribution < 1.29 is 18.0 Å². The predicted octanol–water partition coefficient (Wildman–Crippen LogP) is 4.43. The van der Waals surface area contributed by atoms with Crippen LogP contribution in [0.2, 0.25) is 5.02 Å². The van der Waals surface area contributed by atoms with Crippen LogP contribution in [0.5, 0.6) is 0 Å². The summed E-state index contributed by atoms with van der Waals surface area (Å²) in [4.78, 5) is 28.0. The summed E-state index contributed by atoms with van der Waals surface area (Å²) in [5.74, 6) is -0.713. The SMILES string of the molecule is CCCCNC(=O)C(CC)N(Cc1ccc(Cl)cc1)C(=O)CN(c1ccc(I)cc1)S(C)(=O)=O. The fraction of sp³-hybridized carbons (Fsp3) is 0.417. The van der Waals surface area contributed by atoms with Gasteiger partial charge in [-0.3, -0.25) is 13.9 Å². The van der Waals surface area contributed by atoms with Crippen molar-refractivity contribution in [2.45, 2.75) is 45.7 Å². The predicted molar refractivity (Wildman–Crippen MR) is 145 cm³/mol. The number of nitrogens with one attached hydrogen (secondary N) is 1. The largest absolute Gasteiger partial charge is 0.354 e. The lowest BCUT2D eigenvalue weighted by Gasteiger charge is -2.33. The molecule has 0 aliphatic rings. The first kappa shape index (κ1) is 28.4. The van der Waals surface area contributed by atoms with E-state index >= 15 is 0 Å². The number of amides is 2. The van der Waals surface area contributed by atoms with Crippen molar-refractivity contribution in [1.29, 1.82) is 0 Å². The van der Waals surface area contributed by atoms with Crippen molar-refractivity contribution in [2.24, 2.45) is 0 Å². The van der Waals surface area contributed by atoms with Crippen LogP contribution in [0.3, 0.4) is 0 Å². The molecule has 0 aliphatic heterocycles. The lowest BCUT2D eigenvalue weighted by atomic mass is 10.1. The van der Waals surface area contributed by atoms with Crippen LogP contribution in [-0.4, -0.2) is 50.5 Å². The number of anilines is 1. The van der Waals surface area contributed by atoms with E-state index in [-0.39, 0.29) is 12.5 Å². The maximum absolute atomic E-state index is 13.6. The summed E-state index contributed by atoms with van der Waals surface area (Å²) in [6.07, 6.45) is 3.22. The number of hydrogen-bond donors (Lipinski definition) is 1. The normalized spacial score (nSPS) is 12.1. The Bertz CT molecular complexity index is 1060. The summed E-state index contributed by atoms with van der Waals surface area (Å²) in [6, 6.07) is 13.2. The van der Waals surface area contributed by atoms with Gasteiger partial charge in [-0.15, -0.1) is 0 Å². The molecule has 0 aliphatic carbocycles. The summed E-state index contributed by atoms with van der Waals surface area (Å²) in [5, 5.41) is 3.46. The topological polar surface area (TPSA) is 86.8 Å². The van der Waals surface area contributed by atoms with Crippen molar-refractivity contribution in [3.63, 3.8) is 0 Å². The molecule has 0 radical (unpaired) electrons. The molecule has 0 fully saturated rings. The van der Waals surface area contributed by atoms with Crippen molar-refractivity contribution in [2.75, 3.05) is 23.7 Å². The molecular weight excluding hydrogens is 589 g/mol. The average molecular weight is 620 g/mol. The fourth-order valence-electron chi connectivity index (χ4n) is 3.43. The van der Waals surface area contributed by atoms with Gasteiger partial charge in [-0.05, 0) is 77.4 Å². The maximum Gasteiger partial charge on any atom is 0.244 e. The minimum atomic E-state index is -3.74. The van der Waals surface area contributed by atoms with E-state index in [0.717, 1.165) is 32.5 Å². The number of carbonyl (C=O) groups excluding carboxylic acids is 2. The zero-order valence-corrected chi connectivity index (χ0v) is 23.4. The fourth-order valence-corrected chi connectivity index (χ4v) is 4.77. The minimum Gasteiger partial charge on any atom is -0.354 e. The molecule has 0 bridgehead atoms. The molecule has 2 rings (SSSR count). The number of benzene rings is 2. The van der Waals surface area contributed by atoms with Crippen LogP contribution in [0.4, 0.5) is 5.69 Å². The van der Waals surface area contributed by atoms with E-state index in [4.69, 9.17) is 11.6 Å². The van der Waals surface area contributed by atoms with Crippen molar-refractivity contribution in [3.05, 3.63) is 62.7 Å². The van der Waals surface area contributed by atoms with E-state index in [1.807, 2.05) is 13.8 Å². The van der Waals surface area contributed by atoms with Gasteiger partial charge in [0.15, 0.2) is 0 Å². The highest BCUT2D eigenvalue weighted by Gasteiger charge is 2.31. The molecule has 0 heterocycles. The van der Waals surface area contributed by atoms with Crippen LogP contribution in [-0.2, 0) is 26.2 Å². The molecule has 186 valence electrons. The van der Waals surface area contributed by atoms with Gasteiger partial charge < -0.3 is 10.2 Å². The highest BCUT2D eigenvalue weighted by molar-refractivity contribution is 14.1. The Kier molecular flexibility index (Phi) is 11.1. The number of halogens is 2. The summed E-state index contributed by atoms with van der Waals surface area (Å²) in [5.41, 5.74) is 1.18. The van der Waals surface area contributed by atoms with Crippen molar-refractivity contribution in [3.8, 4) is 0 Å². The van der Waals surface area contributed by atoms with Gasteiger partial charge in [0.2, 0.25) is 21.8 Å². The van der Waals surface area contributed by atoms with E-state index < -0.39 is 28.5 Å². The van der Waals surface area contributed by atoms with E-state index in [9.17, 15) is 18.0 Å². The maximum atomic E-state index is 13.6. The molecule has 0 saturated carbocycles. The Hall–Kier alpha value is -1.85. The van der Waals surface area contributed by atoms with Crippen LogP contribution in [0.15, 0.2) is 48.5 Å². The van der Waals surface area contributed by atoms with Gasteiger partial charge in [0.1, 0.15) is 12.6 Å². The Balaban J connectivity index is 2.37. The Morgan fingerprint density at radius 2 is 1.68 bits per heavy atom. The molecule has 0 spiro atoms. The molecule has 2 aromatic carbocycles. The molecule has 0 saturated heterocycles. The zero-order chi connectivity index (χ0) is 25.3. The number of carbonyl (C=O) groups is 2. The van der Waals surface area contributed by atoms with Crippen LogP contribution < -0.4 is 9.62 Å².